The lowest BCUT2D eigenvalue weighted by molar-refractivity contribution is 0.174. The highest BCUT2D eigenvalue weighted by Crippen LogP contribution is 2.41. The van der Waals surface area contributed by atoms with Crippen LogP contribution in [0.1, 0.15) is 0 Å². The second-order valence-electron chi connectivity index (χ2n) is 4.79. The van der Waals surface area contributed by atoms with Crippen molar-refractivity contribution >= 4 is 17.3 Å². The first-order valence-electron chi connectivity index (χ1n) is 6.27. The van der Waals surface area contributed by atoms with Crippen molar-refractivity contribution in [3.63, 3.8) is 0 Å². The van der Waals surface area contributed by atoms with Crippen molar-refractivity contribution < 1.29 is 9.47 Å². The van der Waals surface area contributed by atoms with Crippen LogP contribution in [0.15, 0.2) is 17.1 Å². The lowest BCUT2D eigenvalue weighted by Crippen LogP contribution is -2.46. The van der Waals surface area contributed by atoms with Crippen molar-refractivity contribution in [1.29, 1.82) is 0 Å². The fraction of sp³-hybridized carbons (Fsp3) is 0.417. The number of aliphatic imine (C=N–C) groups is 1. The molecule has 0 amide bonds. The van der Waals surface area contributed by atoms with E-state index in [4.69, 9.17) is 9.47 Å². The summed E-state index contributed by atoms with van der Waals surface area (Å²) in [6.45, 7) is 1.57. The number of guanidine groups is 1. The number of fused-ring (bicyclic) bond motifs is 2. The highest BCUT2D eigenvalue weighted by Gasteiger charge is 2.21. The minimum atomic E-state index is 0.175. The largest absolute Gasteiger partial charge is 0.739 e. The Morgan fingerprint density at radius 3 is 2.85 bits per heavy atom. The number of ether oxygens (including phenoxy) is 2. The van der Waals surface area contributed by atoms with E-state index < -0.39 is 0 Å². The monoisotopic (exact) mass is 278 g/mol. The van der Waals surface area contributed by atoms with Crippen LogP contribution in [-0.2, 0) is 0 Å². The van der Waals surface area contributed by atoms with Crippen LogP contribution in [0.25, 0.3) is 0 Å². The van der Waals surface area contributed by atoms with Crippen molar-refractivity contribution in [2.45, 2.75) is 0 Å². The first kappa shape index (κ1) is 12.8. The van der Waals surface area contributed by atoms with E-state index in [9.17, 15) is 5.21 Å². The molecular weight excluding hydrogens is 262 g/mol. The Bertz CT molecular complexity index is 546. The standard InChI is InChI=1S/C12H16N5O3/c1-16(2)4-3-13-12-14-8-5-10-11(20-7-19-10)6-9(8)17(18)15-12/h5-6H,3-4,7H2,1-2H3,(H2,13,14,15)/q-1. The Balaban J connectivity index is 1.80. The molecule has 0 aromatic heterocycles. The summed E-state index contributed by atoms with van der Waals surface area (Å²) in [7, 11) is 3.94. The minimum absolute atomic E-state index is 0.175. The molecule has 2 aliphatic rings. The van der Waals surface area contributed by atoms with E-state index in [1.807, 2.05) is 19.0 Å². The SMILES string of the molecule is CN(C)CCN=C1Nc2cc3c(cc2N([O-])N1)OCO3. The van der Waals surface area contributed by atoms with Gasteiger partial charge in [0.05, 0.1) is 17.9 Å². The van der Waals surface area contributed by atoms with Gasteiger partial charge in [0, 0.05) is 18.7 Å². The molecule has 8 heteroatoms. The Kier molecular flexibility index (Phi) is 3.25. The van der Waals surface area contributed by atoms with Gasteiger partial charge < -0.3 is 30.1 Å². The third-order valence-corrected chi connectivity index (χ3v) is 2.99. The number of hydrogen-bond donors (Lipinski definition) is 2. The first-order chi connectivity index (χ1) is 9.63. The zero-order valence-corrected chi connectivity index (χ0v) is 11.3. The van der Waals surface area contributed by atoms with Gasteiger partial charge in [-0.1, -0.05) is 0 Å². The number of rotatable bonds is 3. The Morgan fingerprint density at radius 1 is 1.35 bits per heavy atom. The normalized spacial score (nSPS) is 18.0. The molecule has 2 aliphatic heterocycles. The van der Waals surface area contributed by atoms with Gasteiger partial charge in [0.25, 0.3) is 0 Å². The fourth-order valence-corrected chi connectivity index (χ4v) is 1.95. The molecule has 0 fully saturated rings. The van der Waals surface area contributed by atoms with E-state index in [1.54, 1.807) is 12.1 Å². The third kappa shape index (κ3) is 2.43. The summed E-state index contributed by atoms with van der Waals surface area (Å²) >= 11 is 0. The molecule has 0 saturated carbocycles. The summed E-state index contributed by atoms with van der Waals surface area (Å²) < 4.78 is 10.5. The number of hydrogen-bond acceptors (Lipinski definition) is 6. The summed E-state index contributed by atoms with van der Waals surface area (Å²) in [5.41, 5.74) is 3.73. The van der Waals surface area contributed by atoms with Crippen molar-refractivity contribution in [1.82, 2.24) is 10.3 Å². The number of nitrogens with zero attached hydrogens (tertiary/aromatic N) is 3. The van der Waals surface area contributed by atoms with Crippen LogP contribution in [0.3, 0.4) is 0 Å². The maximum Gasteiger partial charge on any atom is 0.231 e. The molecule has 20 heavy (non-hydrogen) atoms. The zero-order valence-electron chi connectivity index (χ0n) is 11.3. The van der Waals surface area contributed by atoms with Crippen LogP contribution in [-0.4, -0.2) is 44.8 Å². The maximum atomic E-state index is 12.0. The van der Waals surface area contributed by atoms with E-state index in [0.717, 1.165) is 6.54 Å². The summed E-state index contributed by atoms with van der Waals surface area (Å²) in [5, 5.41) is 15.7. The molecule has 1 aromatic carbocycles. The Labute approximate surface area is 116 Å². The fourth-order valence-electron chi connectivity index (χ4n) is 1.95. The topological polar surface area (TPSA) is 84.4 Å². The molecule has 0 bridgehead atoms. The lowest BCUT2D eigenvalue weighted by atomic mass is 10.2. The molecule has 0 spiro atoms. The van der Waals surface area contributed by atoms with Gasteiger partial charge in [0.2, 0.25) is 12.8 Å². The molecule has 0 aliphatic carbocycles. The number of likely N-dealkylation sites (N-methyl/N-ethyl adjacent to an activating group) is 1. The highest BCUT2D eigenvalue weighted by atomic mass is 16.7. The van der Waals surface area contributed by atoms with E-state index in [-0.39, 0.29) is 6.79 Å². The van der Waals surface area contributed by atoms with Crippen molar-refractivity contribution in [3.8, 4) is 11.5 Å². The lowest BCUT2D eigenvalue weighted by Gasteiger charge is -2.38. The summed E-state index contributed by atoms with van der Waals surface area (Å²) in [4.78, 5) is 6.33. The average Bonchev–Trinajstić information content (AvgIpc) is 2.83. The second-order valence-corrected chi connectivity index (χ2v) is 4.79. The van der Waals surface area contributed by atoms with Crippen LogP contribution < -0.4 is 25.4 Å². The molecule has 2 N–H and O–H groups in total. The zero-order chi connectivity index (χ0) is 14.1. The van der Waals surface area contributed by atoms with Gasteiger partial charge in [-0.15, -0.1) is 0 Å². The Hall–Kier alpha value is -2.19. The van der Waals surface area contributed by atoms with Gasteiger partial charge in [-0.3, -0.25) is 10.4 Å². The van der Waals surface area contributed by atoms with E-state index in [2.05, 4.69) is 15.7 Å². The molecule has 1 aromatic rings. The molecule has 0 saturated heterocycles. The van der Waals surface area contributed by atoms with Crippen LogP contribution in [0.4, 0.5) is 11.4 Å². The minimum Gasteiger partial charge on any atom is -0.739 e. The second kappa shape index (κ2) is 5.06. The smallest absolute Gasteiger partial charge is 0.231 e. The van der Waals surface area contributed by atoms with Crippen LogP contribution in [0.2, 0.25) is 0 Å². The summed E-state index contributed by atoms with van der Waals surface area (Å²) in [5.74, 6) is 1.62. The van der Waals surface area contributed by atoms with Gasteiger partial charge in [-0.25, -0.2) is 0 Å². The highest BCUT2D eigenvalue weighted by molar-refractivity contribution is 6.01. The van der Waals surface area contributed by atoms with E-state index in [1.165, 1.54) is 0 Å². The predicted octanol–water partition coefficient (Wildman–Crippen LogP) is 0.567. The van der Waals surface area contributed by atoms with Crippen LogP contribution in [0.5, 0.6) is 11.5 Å². The van der Waals surface area contributed by atoms with Crippen molar-refractivity contribution in [2.75, 3.05) is 44.5 Å². The predicted molar refractivity (Wildman–Crippen MR) is 76.0 cm³/mol. The van der Waals surface area contributed by atoms with Gasteiger partial charge in [0.1, 0.15) is 0 Å². The summed E-state index contributed by atoms with van der Waals surface area (Å²) in [6.07, 6.45) is 0. The molecule has 108 valence electrons. The van der Waals surface area contributed by atoms with Gasteiger partial charge >= 0.3 is 0 Å². The van der Waals surface area contributed by atoms with Gasteiger partial charge in [-0.05, 0) is 14.1 Å². The molecule has 0 unspecified atom stereocenters. The number of anilines is 2. The number of benzene rings is 1. The average molecular weight is 278 g/mol. The van der Waals surface area contributed by atoms with Crippen molar-refractivity contribution in [2.24, 2.45) is 4.99 Å². The molecular formula is C12H16N5O3-. The molecule has 3 rings (SSSR count). The maximum absolute atomic E-state index is 12.0. The molecule has 8 nitrogen and oxygen atoms in total. The third-order valence-electron chi connectivity index (χ3n) is 2.99. The molecule has 2 heterocycles. The van der Waals surface area contributed by atoms with Crippen molar-refractivity contribution in [3.05, 3.63) is 17.3 Å². The van der Waals surface area contributed by atoms with Crippen LogP contribution in [0, 0.1) is 5.21 Å². The Morgan fingerprint density at radius 2 is 2.10 bits per heavy atom. The van der Waals surface area contributed by atoms with E-state index >= 15 is 0 Å². The van der Waals surface area contributed by atoms with E-state index in [0.29, 0.717) is 40.6 Å². The number of hydrazine groups is 1. The molecule has 0 radical (unpaired) electrons. The van der Waals surface area contributed by atoms with Gasteiger partial charge in [-0.2, -0.15) is 0 Å². The quantitative estimate of drug-likeness (QED) is 0.836. The molecule has 0 atom stereocenters. The van der Waals surface area contributed by atoms with Crippen LogP contribution >= 0.6 is 0 Å². The summed E-state index contributed by atoms with van der Waals surface area (Å²) in [6, 6.07) is 3.38. The number of nitrogens with one attached hydrogen (secondary N) is 2. The van der Waals surface area contributed by atoms with Gasteiger partial charge in [0.15, 0.2) is 11.5 Å². The first-order valence-corrected chi connectivity index (χ1v) is 6.27.